The molecule has 0 spiro atoms. The van der Waals surface area contributed by atoms with Gasteiger partial charge in [-0.05, 0) is 83.5 Å². The van der Waals surface area contributed by atoms with Crippen LogP contribution >= 0.6 is 11.8 Å². The second-order valence-electron chi connectivity index (χ2n) is 10.4. The second-order valence-corrected chi connectivity index (χ2v) is 13.5. The highest BCUT2D eigenvalue weighted by Crippen LogP contribution is 2.49. The summed E-state index contributed by atoms with van der Waals surface area (Å²) in [7, 11) is -1.17. The number of nitrogens with one attached hydrogen (secondary N) is 1. The molecule has 0 aliphatic rings. The first-order valence-electron chi connectivity index (χ1n) is 12.6. The smallest absolute Gasteiger partial charge is 0.326 e. The lowest BCUT2D eigenvalue weighted by Crippen LogP contribution is -2.46. The van der Waals surface area contributed by atoms with E-state index < -0.39 is 32.6 Å². The first-order valence-corrected chi connectivity index (χ1v) is 16.4. The van der Waals surface area contributed by atoms with Gasteiger partial charge in [-0.1, -0.05) is 57.2 Å². The van der Waals surface area contributed by atoms with Crippen molar-refractivity contribution < 1.29 is 19.1 Å². The summed E-state index contributed by atoms with van der Waals surface area (Å²) in [5.41, 5.74) is 2.79. The Bertz CT molecular complexity index is 1230. The fourth-order valence-electron chi connectivity index (χ4n) is 4.74. The van der Waals surface area contributed by atoms with Crippen molar-refractivity contribution in [2.45, 2.75) is 51.9 Å². The number of pyridine rings is 1. The van der Waals surface area contributed by atoms with Crippen molar-refractivity contribution in [3.63, 3.8) is 0 Å². The SMILES string of the molecule is CSCCC(NC(=O)c1ccc(C(O[Si](C)C)(c2ccncc2)C(C)(C)C)cc1-c1ccccc1)C(=O)O. The van der Waals surface area contributed by atoms with E-state index in [1.165, 1.54) is 0 Å². The number of aliphatic carboxylic acids is 1. The first kappa shape index (κ1) is 29.6. The highest BCUT2D eigenvalue weighted by molar-refractivity contribution is 7.98. The van der Waals surface area contributed by atoms with Crippen molar-refractivity contribution in [3.8, 4) is 11.1 Å². The van der Waals surface area contributed by atoms with Crippen LogP contribution in [0.25, 0.3) is 11.1 Å². The van der Waals surface area contributed by atoms with Crippen LogP contribution in [-0.2, 0) is 14.8 Å². The molecular formula is C30H37N2O4SSi. The molecule has 6 nitrogen and oxygen atoms in total. The topological polar surface area (TPSA) is 88.5 Å². The van der Waals surface area contributed by atoms with Crippen LogP contribution in [0, 0.1) is 5.41 Å². The van der Waals surface area contributed by atoms with E-state index in [4.69, 9.17) is 4.43 Å². The number of hydrogen-bond donors (Lipinski definition) is 2. The Morgan fingerprint density at radius 3 is 2.24 bits per heavy atom. The number of benzene rings is 2. The molecule has 0 aliphatic heterocycles. The average Bonchev–Trinajstić information content (AvgIpc) is 2.89. The maximum Gasteiger partial charge on any atom is 0.326 e. The van der Waals surface area contributed by atoms with Crippen LogP contribution in [0.5, 0.6) is 0 Å². The van der Waals surface area contributed by atoms with E-state index in [1.54, 1.807) is 30.2 Å². The van der Waals surface area contributed by atoms with Gasteiger partial charge in [0.15, 0.2) is 0 Å². The summed E-state index contributed by atoms with van der Waals surface area (Å²) in [6.07, 6.45) is 5.81. The fourth-order valence-corrected chi connectivity index (χ4v) is 6.37. The zero-order valence-electron chi connectivity index (χ0n) is 22.9. The zero-order chi connectivity index (χ0) is 27.9. The monoisotopic (exact) mass is 549 g/mol. The van der Waals surface area contributed by atoms with Crippen molar-refractivity contribution >= 4 is 32.7 Å². The minimum absolute atomic E-state index is 0.347. The molecule has 0 fully saturated rings. The molecule has 1 heterocycles. The molecule has 0 saturated carbocycles. The van der Waals surface area contributed by atoms with Crippen LogP contribution in [0.1, 0.15) is 48.7 Å². The van der Waals surface area contributed by atoms with Crippen molar-refractivity contribution in [2.75, 3.05) is 12.0 Å². The van der Waals surface area contributed by atoms with Crippen LogP contribution in [0.2, 0.25) is 13.1 Å². The average molecular weight is 550 g/mol. The van der Waals surface area contributed by atoms with Crippen molar-refractivity contribution in [3.05, 3.63) is 89.7 Å². The van der Waals surface area contributed by atoms with E-state index in [1.807, 2.05) is 60.9 Å². The van der Waals surface area contributed by atoms with Gasteiger partial charge in [-0.25, -0.2) is 4.79 Å². The number of thioether (sulfide) groups is 1. The van der Waals surface area contributed by atoms with E-state index >= 15 is 0 Å². The Balaban J connectivity index is 2.23. The van der Waals surface area contributed by atoms with Gasteiger partial charge in [-0.2, -0.15) is 11.8 Å². The lowest BCUT2D eigenvalue weighted by atomic mass is 9.68. The summed E-state index contributed by atoms with van der Waals surface area (Å²) in [6, 6.07) is 18.5. The lowest BCUT2D eigenvalue weighted by Gasteiger charge is -2.47. The minimum Gasteiger partial charge on any atom is -0.480 e. The van der Waals surface area contributed by atoms with Gasteiger partial charge in [-0.3, -0.25) is 9.78 Å². The number of hydrogen-bond acceptors (Lipinski definition) is 5. The van der Waals surface area contributed by atoms with Crippen LogP contribution in [0.4, 0.5) is 0 Å². The van der Waals surface area contributed by atoms with E-state index in [-0.39, 0.29) is 5.41 Å². The number of carboxylic acid groups (broad SMARTS) is 1. The van der Waals surface area contributed by atoms with Gasteiger partial charge in [0.05, 0.1) is 0 Å². The van der Waals surface area contributed by atoms with Gasteiger partial charge in [0.25, 0.3) is 5.91 Å². The van der Waals surface area contributed by atoms with E-state index in [0.717, 1.165) is 22.3 Å². The normalized spacial score (nSPS) is 14.1. The molecule has 3 rings (SSSR count). The summed E-state index contributed by atoms with van der Waals surface area (Å²) in [4.78, 5) is 29.6. The van der Waals surface area contributed by atoms with Crippen LogP contribution in [0.3, 0.4) is 0 Å². The number of aromatic nitrogens is 1. The summed E-state index contributed by atoms with van der Waals surface area (Å²) in [6.45, 7) is 10.7. The number of nitrogens with zero attached hydrogens (tertiary/aromatic N) is 1. The molecule has 38 heavy (non-hydrogen) atoms. The molecular weight excluding hydrogens is 512 g/mol. The largest absolute Gasteiger partial charge is 0.480 e. The van der Waals surface area contributed by atoms with E-state index in [9.17, 15) is 14.7 Å². The lowest BCUT2D eigenvalue weighted by molar-refractivity contribution is -0.139. The molecule has 2 unspecified atom stereocenters. The first-order chi connectivity index (χ1) is 18.0. The highest BCUT2D eigenvalue weighted by Gasteiger charge is 2.47. The Hall–Kier alpha value is -2.94. The number of carbonyl (C=O) groups excluding carboxylic acids is 1. The molecule has 0 aliphatic carbocycles. The molecule has 2 atom stereocenters. The summed E-state index contributed by atoms with van der Waals surface area (Å²) < 4.78 is 6.90. The Morgan fingerprint density at radius 1 is 1.03 bits per heavy atom. The zero-order valence-corrected chi connectivity index (χ0v) is 24.8. The van der Waals surface area contributed by atoms with Gasteiger partial charge in [0, 0.05) is 18.0 Å². The molecule has 2 aromatic carbocycles. The number of amides is 1. The third kappa shape index (κ3) is 6.54. The quantitative estimate of drug-likeness (QED) is 0.275. The predicted molar refractivity (Wildman–Crippen MR) is 157 cm³/mol. The van der Waals surface area contributed by atoms with Gasteiger partial charge < -0.3 is 14.8 Å². The Labute approximate surface area is 232 Å². The van der Waals surface area contributed by atoms with Crippen LogP contribution in [-0.4, -0.2) is 49.1 Å². The highest BCUT2D eigenvalue weighted by atomic mass is 32.2. The molecule has 3 aromatic rings. The molecule has 2 N–H and O–H groups in total. The maximum absolute atomic E-state index is 13.5. The third-order valence-electron chi connectivity index (χ3n) is 6.47. The molecule has 1 aromatic heterocycles. The molecule has 0 saturated heterocycles. The van der Waals surface area contributed by atoms with Gasteiger partial charge in [0.2, 0.25) is 9.04 Å². The third-order valence-corrected chi connectivity index (χ3v) is 7.83. The standard InChI is InChI=1S/C30H37N2O4SSi/c1-29(2,3)30(36-38(5)6,22-14-17-31-18-15-22)23-12-13-24(25(20-23)21-10-8-7-9-11-21)27(33)32-26(28(34)35)16-19-37-4/h7-15,17-18,20,26H,16,19H2,1-6H3,(H,32,33)(H,34,35). The molecule has 1 amide bonds. The molecule has 1 radical (unpaired) electrons. The van der Waals surface area contributed by atoms with Crippen molar-refractivity contribution in [2.24, 2.45) is 5.41 Å². The van der Waals surface area contributed by atoms with Crippen molar-refractivity contribution in [1.82, 2.24) is 10.3 Å². The maximum atomic E-state index is 13.5. The second kappa shape index (κ2) is 12.7. The van der Waals surface area contributed by atoms with Crippen LogP contribution < -0.4 is 5.32 Å². The van der Waals surface area contributed by atoms with Crippen LogP contribution in [0.15, 0.2) is 73.1 Å². The van der Waals surface area contributed by atoms with Gasteiger partial charge in [0.1, 0.15) is 11.6 Å². The van der Waals surface area contributed by atoms with Crippen molar-refractivity contribution in [1.29, 1.82) is 0 Å². The van der Waals surface area contributed by atoms with E-state index in [2.05, 4.69) is 44.2 Å². The molecule has 8 heteroatoms. The number of carboxylic acids is 1. The fraction of sp³-hybridized carbons (Fsp3) is 0.367. The minimum atomic E-state index is -1.17. The van der Waals surface area contributed by atoms with E-state index in [0.29, 0.717) is 17.7 Å². The van der Waals surface area contributed by atoms with Gasteiger partial charge >= 0.3 is 5.97 Å². The summed E-state index contributed by atoms with van der Waals surface area (Å²) >= 11 is 1.55. The summed E-state index contributed by atoms with van der Waals surface area (Å²) in [5, 5.41) is 12.4. The number of rotatable bonds is 11. The molecule has 0 bridgehead atoms. The molecule has 201 valence electrons. The van der Waals surface area contributed by atoms with Gasteiger partial charge in [-0.15, -0.1) is 0 Å². The predicted octanol–water partition coefficient (Wildman–Crippen LogP) is 6.24. The number of carbonyl (C=O) groups is 2. The Kier molecular flexibility index (Phi) is 9.92. The summed E-state index contributed by atoms with van der Waals surface area (Å²) in [5.74, 6) is -0.813. The Morgan fingerprint density at radius 2 is 1.68 bits per heavy atom.